The van der Waals surface area contributed by atoms with Crippen LogP contribution in [0.1, 0.15) is 5.82 Å². The van der Waals surface area contributed by atoms with Gasteiger partial charge in [-0.2, -0.15) is 0 Å². The average Bonchev–Trinajstić information content (AvgIpc) is 2.79. The molecular weight excluding hydrogens is 325 g/mol. The Bertz CT molecular complexity index is 648. The van der Waals surface area contributed by atoms with Gasteiger partial charge in [0.15, 0.2) is 11.0 Å². The van der Waals surface area contributed by atoms with E-state index in [9.17, 15) is 9.90 Å². The molecule has 106 valence electrons. The number of halogens is 2. The molecule has 9 heteroatoms. The van der Waals surface area contributed by atoms with Crippen molar-refractivity contribution in [1.82, 2.24) is 14.8 Å². The Hall–Kier alpha value is -1.28. The molecule has 0 atom stereocenters. The molecule has 0 amide bonds. The smallest absolute Gasteiger partial charge is 0.313 e. The highest BCUT2D eigenvalue weighted by molar-refractivity contribution is 7.99. The Kier molecular flexibility index (Phi) is 4.87. The minimum Gasteiger partial charge on any atom is -0.481 e. The highest BCUT2D eigenvalue weighted by Crippen LogP contribution is 2.29. The molecule has 0 aliphatic rings. The predicted molar refractivity (Wildman–Crippen MR) is 75.7 cm³/mol. The number of nitrogens with zero attached hydrogens (tertiary/aromatic N) is 3. The molecule has 0 bridgehead atoms. The Labute approximate surface area is 128 Å². The van der Waals surface area contributed by atoms with Gasteiger partial charge in [-0.1, -0.05) is 35.0 Å². The average molecular weight is 334 g/mol. The number of carboxylic acid groups (broad SMARTS) is 1. The molecule has 2 rings (SSSR count). The van der Waals surface area contributed by atoms with Crippen LogP contribution >= 0.6 is 35.0 Å². The van der Waals surface area contributed by atoms with E-state index in [0.717, 1.165) is 11.8 Å². The number of hydrogen-bond acceptors (Lipinski definition) is 5. The molecule has 0 aliphatic heterocycles. The van der Waals surface area contributed by atoms with Gasteiger partial charge in [0, 0.05) is 5.02 Å². The molecule has 0 radical (unpaired) electrons. The Morgan fingerprint density at radius 1 is 1.35 bits per heavy atom. The fraction of sp³-hybridized carbons (Fsp3) is 0.182. The summed E-state index contributed by atoms with van der Waals surface area (Å²) >= 11 is 12.9. The van der Waals surface area contributed by atoms with Crippen LogP contribution in [0, 0.1) is 0 Å². The normalized spacial score (nSPS) is 10.8. The van der Waals surface area contributed by atoms with Crippen molar-refractivity contribution in [2.75, 3.05) is 5.75 Å². The molecular formula is C11H9Cl2N3O3S. The first-order valence-corrected chi connectivity index (χ1v) is 7.12. The summed E-state index contributed by atoms with van der Waals surface area (Å²) in [5.41, 5.74) is 0.526. The number of carbonyl (C=O) groups is 1. The maximum atomic E-state index is 10.6. The summed E-state index contributed by atoms with van der Waals surface area (Å²) in [6.07, 6.45) is 0. The topological polar surface area (TPSA) is 88.2 Å². The van der Waals surface area contributed by atoms with Gasteiger partial charge in [-0.25, -0.2) is 0 Å². The number of benzene rings is 1. The number of aliphatic hydroxyl groups excluding tert-OH is 1. The first-order chi connectivity index (χ1) is 9.52. The maximum absolute atomic E-state index is 10.6. The van der Waals surface area contributed by atoms with Gasteiger partial charge in [0.05, 0.1) is 16.5 Å². The minimum absolute atomic E-state index is 0.172. The second-order valence-corrected chi connectivity index (χ2v) is 5.46. The Morgan fingerprint density at radius 3 is 2.70 bits per heavy atom. The van der Waals surface area contributed by atoms with Gasteiger partial charge in [0.25, 0.3) is 0 Å². The van der Waals surface area contributed by atoms with Crippen LogP contribution in [0.5, 0.6) is 0 Å². The monoisotopic (exact) mass is 333 g/mol. The second kappa shape index (κ2) is 6.45. The fourth-order valence-corrected chi connectivity index (χ4v) is 2.70. The fourth-order valence-electron chi connectivity index (χ4n) is 1.53. The lowest BCUT2D eigenvalue weighted by molar-refractivity contribution is -0.133. The molecule has 0 saturated heterocycles. The molecule has 0 fully saturated rings. The number of aliphatic carboxylic acids is 1. The number of rotatable bonds is 5. The quantitative estimate of drug-likeness (QED) is 0.816. The molecule has 0 saturated carbocycles. The standard InChI is InChI=1S/C11H9Cl2N3O3S/c12-6-1-2-8(7(13)3-6)16-9(4-17)14-15-11(16)20-5-10(18)19/h1-3,17H,4-5H2,(H,18,19). The van der Waals surface area contributed by atoms with Crippen molar-refractivity contribution < 1.29 is 15.0 Å². The second-order valence-electron chi connectivity index (χ2n) is 3.67. The van der Waals surface area contributed by atoms with Gasteiger partial charge >= 0.3 is 5.97 Å². The van der Waals surface area contributed by atoms with Crippen LogP contribution in [0.2, 0.25) is 10.0 Å². The van der Waals surface area contributed by atoms with Crippen molar-refractivity contribution in [3.8, 4) is 5.69 Å². The van der Waals surface area contributed by atoms with E-state index in [-0.39, 0.29) is 18.2 Å². The zero-order valence-corrected chi connectivity index (χ0v) is 12.3. The number of aromatic nitrogens is 3. The van der Waals surface area contributed by atoms with E-state index >= 15 is 0 Å². The van der Waals surface area contributed by atoms with Crippen LogP contribution in [0.4, 0.5) is 0 Å². The highest BCUT2D eigenvalue weighted by atomic mass is 35.5. The van der Waals surface area contributed by atoms with Crippen LogP contribution in [0.25, 0.3) is 5.69 Å². The summed E-state index contributed by atoms with van der Waals surface area (Å²) < 4.78 is 1.51. The first-order valence-electron chi connectivity index (χ1n) is 5.38. The maximum Gasteiger partial charge on any atom is 0.313 e. The number of thioether (sulfide) groups is 1. The van der Waals surface area contributed by atoms with E-state index < -0.39 is 5.97 Å². The van der Waals surface area contributed by atoms with E-state index in [2.05, 4.69) is 10.2 Å². The summed E-state index contributed by atoms with van der Waals surface area (Å²) in [5, 5.41) is 26.8. The van der Waals surface area contributed by atoms with Gasteiger partial charge in [-0.3, -0.25) is 9.36 Å². The van der Waals surface area contributed by atoms with Crippen LogP contribution in [-0.2, 0) is 11.4 Å². The van der Waals surface area contributed by atoms with Gasteiger partial charge in [-0.05, 0) is 18.2 Å². The third-order valence-corrected chi connectivity index (χ3v) is 3.77. The van der Waals surface area contributed by atoms with Crippen molar-refractivity contribution in [2.45, 2.75) is 11.8 Å². The van der Waals surface area contributed by atoms with Crippen molar-refractivity contribution in [2.24, 2.45) is 0 Å². The van der Waals surface area contributed by atoms with Crippen molar-refractivity contribution in [3.63, 3.8) is 0 Å². The molecule has 0 aliphatic carbocycles. The van der Waals surface area contributed by atoms with Gasteiger partial charge in [0.2, 0.25) is 0 Å². The van der Waals surface area contributed by atoms with Crippen LogP contribution in [-0.4, -0.2) is 36.7 Å². The molecule has 1 aromatic carbocycles. The van der Waals surface area contributed by atoms with Gasteiger partial charge in [0.1, 0.15) is 6.61 Å². The summed E-state index contributed by atoms with van der Waals surface area (Å²) in [7, 11) is 0. The molecule has 1 heterocycles. The third kappa shape index (κ3) is 3.24. The molecule has 0 unspecified atom stereocenters. The number of carboxylic acids is 1. The van der Waals surface area contributed by atoms with Crippen LogP contribution in [0.3, 0.4) is 0 Å². The summed E-state index contributed by atoms with van der Waals surface area (Å²) in [6.45, 7) is -0.348. The van der Waals surface area contributed by atoms with Crippen molar-refractivity contribution in [1.29, 1.82) is 0 Å². The van der Waals surface area contributed by atoms with E-state index in [4.69, 9.17) is 28.3 Å². The molecule has 2 aromatic rings. The van der Waals surface area contributed by atoms with E-state index in [1.807, 2.05) is 0 Å². The SMILES string of the molecule is O=C(O)CSc1nnc(CO)n1-c1ccc(Cl)cc1Cl. The van der Waals surface area contributed by atoms with E-state index in [0.29, 0.717) is 20.9 Å². The minimum atomic E-state index is -0.975. The zero-order chi connectivity index (χ0) is 14.7. The molecule has 20 heavy (non-hydrogen) atoms. The van der Waals surface area contributed by atoms with E-state index in [1.54, 1.807) is 18.2 Å². The molecule has 0 spiro atoms. The summed E-state index contributed by atoms with van der Waals surface area (Å²) in [4.78, 5) is 10.6. The first kappa shape index (κ1) is 15.1. The van der Waals surface area contributed by atoms with Gasteiger partial charge < -0.3 is 10.2 Å². The van der Waals surface area contributed by atoms with Gasteiger partial charge in [-0.15, -0.1) is 10.2 Å². The number of hydrogen-bond donors (Lipinski definition) is 2. The Morgan fingerprint density at radius 2 is 2.10 bits per heavy atom. The highest BCUT2D eigenvalue weighted by Gasteiger charge is 2.17. The molecule has 1 aromatic heterocycles. The molecule has 2 N–H and O–H groups in total. The summed E-state index contributed by atoms with van der Waals surface area (Å²) in [6, 6.07) is 4.83. The lowest BCUT2D eigenvalue weighted by Crippen LogP contribution is -2.05. The summed E-state index contributed by atoms with van der Waals surface area (Å²) in [5.74, 6) is -0.881. The third-order valence-electron chi connectivity index (χ3n) is 2.32. The number of aliphatic hydroxyl groups is 1. The molecule has 6 nitrogen and oxygen atoms in total. The largest absolute Gasteiger partial charge is 0.481 e. The van der Waals surface area contributed by atoms with Crippen LogP contribution in [0.15, 0.2) is 23.4 Å². The van der Waals surface area contributed by atoms with Crippen molar-refractivity contribution in [3.05, 3.63) is 34.1 Å². The Balaban J connectivity index is 2.47. The van der Waals surface area contributed by atoms with E-state index in [1.165, 1.54) is 4.57 Å². The van der Waals surface area contributed by atoms with Crippen LogP contribution < -0.4 is 0 Å². The van der Waals surface area contributed by atoms with Crippen molar-refractivity contribution >= 4 is 40.9 Å². The lowest BCUT2D eigenvalue weighted by atomic mass is 10.3. The predicted octanol–water partition coefficient (Wildman–Crippen LogP) is 2.24. The lowest BCUT2D eigenvalue weighted by Gasteiger charge is -2.10. The zero-order valence-electron chi connectivity index (χ0n) is 9.95.